The number of fused-ring (bicyclic) bond motifs is 1. The maximum absolute atomic E-state index is 12.4. The fourth-order valence-corrected chi connectivity index (χ4v) is 4.05. The zero-order chi connectivity index (χ0) is 17.2. The van der Waals surface area contributed by atoms with Crippen molar-refractivity contribution in [3.63, 3.8) is 0 Å². The standard InChI is InChI=1S/C19H18N4OS/c20-15-6-2-3-7-16(15)22-19(24)18-10-9-14(25-18)12-23-17-8-4-1-5-13(17)11-21-23/h1-8,10-11,14H,9,12,20H2,(H,22,24). The van der Waals surface area contributed by atoms with E-state index >= 15 is 0 Å². The van der Waals surface area contributed by atoms with Crippen LogP contribution in [-0.4, -0.2) is 20.9 Å². The monoisotopic (exact) mass is 350 g/mol. The summed E-state index contributed by atoms with van der Waals surface area (Å²) in [7, 11) is 0. The van der Waals surface area contributed by atoms with Crippen molar-refractivity contribution in [2.75, 3.05) is 11.1 Å². The lowest BCUT2D eigenvalue weighted by molar-refractivity contribution is -0.112. The van der Waals surface area contributed by atoms with Crippen LogP contribution in [0.3, 0.4) is 0 Å². The van der Waals surface area contributed by atoms with E-state index in [-0.39, 0.29) is 5.91 Å². The highest BCUT2D eigenvalue weighted by molar-refractivity contribution is 8.04. The van der Waals surface area contributed by atoms with Gasteiger partial charge in [0.05, 0.1) is 34.5 Å². The van der Waals surface area contributed by atoms with Crippen LogP contribution < -0.4 is 11.1 Å². The Bertz CT molecular complexity index is 963. The van der Waals surface area contributed by atoms with Gasteiger partial charge in [-0.05, 0) is 24.6 Å². The van der Waals surface area contributed by atoms with Gasteiger partial charge in [-0.1, -0.05) is 36.4 Å². The maximum Gasteiger partial charge on any atom is 0.261 e. The normalized spacial score (nSPS) is 16.8. The van der Waals surface area contributed by atoms with Gasteiger partial charge in [-0.3, -0.25) is 9.48 Å². The lowest BCUT2D eigenvalue weighted by Gasteiger charge is -2.12. The van der Waals surface area contributed by atoms with Gasteiger partial charge in [0.25, 0.3) is 5.91 Å². The molecule has 0 saturated carbocycles. The molecule has 5 nitrogen and oxygen atoms in total. The first kappa shape index (κ1) is 15.8. The molecular weight excluding hydrogens is 332 g/mol. The van der Waals surface area contributed by atoms with Crippen LogP contribution in [0.4, 0.5) is 11.4 Å². The molecule has 1 aromatic heterocycles. The molecule has 1 unspecified atom stereocenters. The number of hydrogen-bond acceptors (Lipinski definition) is 4. The van der Waals surface area contributed by atoms with Crippen molar-refractivity contribution in [2.45, 2.75) is 18.2 Å². The first-order chi connectivity index (χ1) is 12.2. The smallest absolute Gasteiger partial charge is 0.261 e. The molecule has 1 atom stereocenters. The second kappa shape index (κ2) is 6.64. The Labute approximate surface area is 149 Å². The van der Waals surface area contributed by atoms with E-state index in [0.717, 1.165) is 28.8 Å². The van der Waals surface area contributed by atoms with Gasteiger partial charge < -0.3 is 11.1 Å². The number of anilines is 2. The highest BCUT2D eigenvalue weighted by atomic mass is 32.2. The van der Waals surface area contributed by atoms with Crippen LogP contribution in [0.25, 0.3) is 10.9 Å². The third-order valence-electron chi connectivity index (χ3n) is 4.22. The minimum absolute atomic E-state index is 0.101. The second-order valence-corrected chi connectivity index (χ2v) is 7.31. The molecular formula is C19H18N4OS. The second-order valence-electron chi connectivity index (χ2n) is 5.97. The zero-order valence-corrected chi connectivity index (χ0v) is 14.4. The molecule has 2 heterocycles. The minimum Gasteiger partial charge on any atom is -0.397 e. The van der Waals surface area contributed by atoms with E-state index in [9.17, 15) is 4.79 Å². The molecule has 2 aromatic carbocycles. The number of carbonyl (C=O) groups excluding carboxylic acids is 1. The molecule has 0 saturated heterocycles. The highest BCUT2D eigenvalue weighted by Crippen LogP contribution is 2.34. The molecule has 1 aliphatic heterocycles. The Kier molecular flexibility index (Phi) is 4.19. The molecule has 126 valence electrons. The highest BCUT2D eigenvalue weighted by Gasteiger charge is 2.24. The summed E-state index contributed by atoms with van der Waals surface area (Å²) in [5.41, 5.74) is 8.23. The van der Waals surface area contributed by atoms with Crippen LogP contribution in [0.15, 0.2) is 65.7 Å². The predicted molar refractivity (Wildman–Crippen MR) is 103 cm³/mol. The lowest BCUT2D eigenvalue weighted by atomic mass is 10.2. The Morgan fingerprint density at radius 2 is 2.04 bits per heavy atom. The molecule has 3 N–H and O–H groups in total. The molecule has 1 amide bonds. The Morgan fingerprint density at radius 3 is 2.92 bits per heavy atom. The van der Waals surface area contributed by atoms with E-state index in [2.05, 4.69) is 22.5 Å². The van der Waals surface area contributed by atoms with Gasteiger partial charge >= 0.3 is 0 Å². The van der Waals surface area contributed by atoms with Crippen molar-refractivity contribution >= 4 is 39.9 Å². The van der Waals surface area contributed by atoms with Crippen LogP contribution in [0.1, 0.15) is 6.42 Å². The van der Waals surface area contributed by atoms with Gasteiger partial charge in [-0.15, -0.1) is 11.8 Å². The lowest BCUT2D eigenvalue weighted by Crippen LogP contribution is -2.15. The fraction of sp³-hybridized carbons (Fsp3) is 0.158. The topological polar surface area (TPSA) is 72.9 Å². The maximum atomic E-state index is 12.4. The van der Waals surface area contributed by atoms with Crippen molar-refractivity contribution in [2.24, 2.45) is 0 Å². The van der Waals surface area contributed by atoms with E-state index in [1.807, 2.05) is 41.2 Å². The molecule has 0 bridgehead atoms. The third kappa shape index (κ3) is 3.25. The summed E-state index contributed by atoms with van der Waals surface area (Å²) >= 11 is 1.60. The summed E-state index contributed by atoms with van der Waals surface area (Å²) in [6.45, 7) is 0.777. The largest absolute Gasteiger partial charge is 0.397 e. The van der Waals surface area contributed by atoms with Gasteiger partial charge in [0, 0.05) is 10.6 Å². The van der Waals surface area contributed by atoms with E-state index in [1.54, 1.807) is 23.9 Å². The number of hydrogen-bond donors (Lipinski definition) is 2. The summed E-state index contributed by atoms with van der Waals surface area (Å²) < 4.78 is 2.01. The number of nitrogens with zero attached hydrogens (tertiary/aromatic N) is 2. The molecule has 6 heteroatoms. The average Bonchev–Trinajstić information content (AvgIpc) is 3.25. The van der Waals surface area contributed by atoms with Crippen LogP contribution in [-0.2, 0) is 11.3 Å². The van der Waals surface area contributed by atoms with E-state index in [0.29, 0.717) is 16.6 Å². The van der Waals surface area contributed by atoms with E-state index in [4.69, 9.17) is 5.73 Å². The van der Waals surface area contributed by atoms with E-state index in [1.165, 1.54) is 0 Å². The number of para-hydroxylation sites is 3. The van der Waals surface area contributed by atoms with Crippen LogP contribution in [0.5, 0.6) is 0 Å². The first-order valence-electron chi connectivity index (χ1n) is 8.14. The Morgan fingerprint density at radius 1 is 1.24 bits per heavy atom. The number of benzene rings is 2. The van der Waals surface area contributed by atoms with Crippen molar-refractivity contribution in [3.8, 4) is 0 Å². The summed E-state index contributed by atoms with van der Waals surface area (Å²) in [6, 6.07) is 15.4. The summed E-state index contributed by atoms with van der Waals surface area (Å²) in [4.78, 5) is 13.2. The molecule has 4 rings (SSSR count). The van der Waals surface area contributed by atoms with Crippen LogP contribution >= 0.6 is 11.8 Å². The van der Waals surface area contributed by atoms with Gasteiger partial charge in [-0.25, -0.2) is 0 Å². The predicted octanol–water partition coefficient (Wildman–Crippen LogP) is 3.65. The van der Waals surface area contributed by atoms with Gasteiger partial charge in [0.15, 0.2) is 0 Å². The quantitative estimate of drug-likeness (QED) is 0.705. The minimum atomic E-state index is -0.101. The van der Waals surface area contributed by atoms with E-state index < -0.39 is 0 Å². The van der Waals surface area contributed by atoms with Gasteiger partial charge in [0.2, 0.25) is 0 Å². The Hall–Kier alpha value is -2.73. The summed E-state index contributed by atoms with van der Waals surface area (Å²) in [5.74, 6) is -0.101. The molecule has 1 aliphatic rings. The number of amides is 1. The van der Waals surface area contributed by atoms with Crippen LogP contribution in [0, 0.1) is 0 Å². The number of nitrogens with one attached hydrogen (secondary N) is 1. The van der Waals surface area contributed by atoms with Crippen molar-refractivity contribution < 1.29 is 4.79 Å². The number of rotatable bonds is 4. The zero-order valence-electron chi connectivity index (χ0n) is 13.6. The number of carbonyl (C=O) groups is 1. The molecule has 0 aliphatic carbocycles. The average molecular weight is 350 g/mol. The molecule has 0 fully saturated rings. The number of nitrogen functional groups attached to an aromatic ring is 1. The van der Waals surface area contributed by atoms with Gasteiger partial charge in [0.1, 0.15) is 0 Å². The molecule has 0 spiro atoms. The Balaban J connectivity index is 1.41. The number of aromatic nitrogens is 2. The molecule has 0 radical (unpaired) electrons. The summed E-state index contributed by atoms with van der Waals surface area (Å²) in [5, 5.41) is 8.79. The van der Waals surface area contributed by atoms with Crippen molar-refractivity contribution in [3.05, 3.63) is 65.7 Å². The van der Waals surface area contributed by atoms with Crippen molar-refractivity contribution in [1.29, 1.82) is 0 Å². The first-order valence-corrected chi connectivity index (χ1v) is 9.02. The number of nitrogens with two attached hydrogens (primary N) is 1. The fourth-order valence-electron chi connectivity index (χ4n) is 2.93. The molecule has 3 aromatic rings. The number of thioether (sulfide) groups is 1. The SMILES string of the molecule is Nc1ccccc1NC(=O)C1=CCC(Cn2ncc3ccccc32)S1. The molecule has 25 heavy (non-hydrogen) atoms. The number of allylic oxidation sites excluding steroid dienone is 1. The third-order valence-corrected chi connectivity index (χ3v) is 5.50. The summed E-state index contributed by atoms with van der Waals surface area (Å²) in [6.07, 6.45) is 4.73. The van der Waals surface area contributed by atoms with Gasteiger partial charge in [-0.2, -0.15) is 5.10 Å². The van der Waals surface area contributed by atoms with Crippen molar-refractivity contribution in [1.82, 2.24) is 9.78 Å². The van der Waals surface area contributed by atoms with Crippen LogP contribution in [0.2, 0.25) is 0 Å².